The highest BCUT2D eigenvalue weighted by Gasteiger charge is 2.41. The van der Waals surface area contributed by atoms with Crippen LogP contribution in [0.5, 0.6) is 0 Å². The molecule has 2 aliphatic carbocycles. The number of hydrogen-bond donors (Lipinski definition) is 0. The fraction of sp³-hybridized carbons (Fsp3) is 1.00. The average molecular weight is 194 g/mol. The highest BCUT2D eigenvalue weighted by molar-refractivity contribution is 4.91. The highest BCUT2D eigenvalue weighted by Crippen LogP contribution is 2.51. The zero-order valence-electron chi connectivity index (χ0n) is 9.80. The SMILES string of the molecule is CCCCCCCC1CCC2CCC12. The molecule has 14 heavy (non-hydrogen) atoms. The van der Waals surface area contributed by atoms with Gasteiger partial charge in [0.05, 0.1) is 0 Å². The van der Waals surface area contributed by atoms with Crippen molar-refractivity contribution in [2.75, 3.05) is 0 Å². The van der Waals surface area contributed by atoms with E-state index in [4.69, 9.17) is 0 Å². The van der Waals surface area contributed by atoms with Gasteiger partial charge in [0.25, 0.3) is 0 Å². The van der Waals surface area contributed by atoms with E-state index in [9.17, 15) is 0 Å². The third kappa shape index (κ3) is 2.32. The van der Waals surface area contributed by atoms with Gasteiger partial charge in [0.15, 0.2) is 0 Å². The standard InChI is InChI=1S/C14H26/c1-2-3-4-5-6-7-12-8-9-13-10-11-14(12)13/h12-14H,2-11H2,1H3. The van der Waals surface area contributed by atoms with Gasteiger partial charge < -0.3 is 0 Å². The van der Waals surface area contributed by atoms with Gasteiger partial charge in [-0.25, -0.2) is 0 Å². The molecule has 0 aliphatic heterocycles. The van der Waals surface area contributed by atoms with Crippen molar-refractivity contribution in [3.63, 3.8) is 0 Å². The van der Waals surface area contributed by atoms with Gasteiger partial charge in [-0.1, -0.05) is 45.4 Å². The fourth-order valence-electron chi connectivity index (χ4n) is 3.58. The average Bonchev–Trinajstić information content (AvgIpc) is 2.41. The summed E-state index contributed by atoms with van der Waals surface area (Å²) in [6, 6.07) is 0. The van der Waals surface area contributed by atoms with E-state index in [2.05, 4.69) is 6.92 Å². The molecule has 0 aromatic carbocycles. The summed E-state index contributed by atoms with van der Waals surface area (Å²) in [5.74, 6) is 3.51. The maximum Gasteiger partial charge on any atom is -0.0357 e. The van der Waals surface area contributed by atoms with E-state index in [1.54, 1.807) is 32.1 Å². The molecule has 0 amide bonds. The molecule has 0 nitrogen and oxygen atoms in total. The van der Waals surface area contributed by atoms with E-state index in [0.29, 0.717) is 0 Å². The molecule has 0 bridgehead atoms. The maximum absolute atomic E-state index is 2.30. The fourth-order valence-corrected chi connectivity index (χ4v) is 3.58. The smallest absolute Gasteiger partial charge is 0.0357 e. The summed E-state index contributed by atoms with van der Waals surface area (Å²) in [7, 11) is 0. The first-order chi connectivity index (χ1) is 6.92. The van der Waals surface area contributed by atoms with Crippen LogP contribution in [0.4, 0.5) is 0 Å². The first-order valence-electron chi connectivity index (χ1n) is 6.92. The van der Waals surface area contributed by atoms with Gasteiger partial charge in [-0.15, -0.1) is 0 Å². The summed E-state index contributed by atoms with van der Waals surface area (Å²) < 4.78 is 0. The Morgan fingerprint density at radius 2 is 1.64 bits per heavy atom. The van der Waals surface area contributed by atoms with E-state index in [1.807, 2.05) is 0 Å². The van der Waals surface area contributed by atoms with Crippen LogP contribution in [-0.2, 0) is 0 Å². The maximum atomic E-state index is 2.30. The Morgan fingerprint density at radius 1 is 0.857 bits per heavy atom. The minimum Gasteiger partial charge on any atom is -0.0654 e. The normalized spacial score (nSPS) is 35.4. The number of fused-ring (bicyclic) bond motifs is 1. The summed E-state index contributed by atoms with van der Waals surface area (Å²) in [4.78, 5) is 0. The van der Waals surface area contributed by atoms with Crippen molar-refractivity contribution in [3.05, 3.63) is 0 Å². The summed E-state index contributed by atoms with van der Waals surface area (Å²) >= 11 is 0. The van der Waals surface area contributed by atoms with Gasteiger partial charge in [-0.2, -0.15) is 0 Å². The molecule has 2 fully saturated rings. The molecule has 0 saturated heterocycles. The van der Waals surface area contributed by atoms with Crippen molar-refractivity contribution in [2.45, 2.75) is 71.1 Å². The number of unbranched alkanes of at least 4 members (excludes halogenated alkanes) is 4. The Balaban J connectivity index is 1.53. The van der Waals surface area contributed by atoms with Crippen LogP contribution < -0.4 is 0 Å². The van der Waals surface area contributed by atoms with Crippen LogP contribution in [0.15, 0.2) is 0 Å². The van der Waals surface area contributed by atoms with Crippen LogP contribution in [0.2, 0.25) is 0 Å². The second kappa shape index (κ2) is 5.19. The minimum atomic E-state index is 1.15. The van der Waals surface area contributed by atoms with Crippen LogP contribution in [0.1, 0.15) is 71.1 Å². The summed E-state index contributed by atoms with van der Waals surface area (Å²) in [5.41, 5.74) is 0. The quantitative estimate of drug-likeness (QED) is 0.534. The second-order valence-electron chi connectivity index (χ2n) is 5.54. The molecule has 3 atom stereocenters. The predicted molar refractivity (Wildman–Crippen MR) is 62.3 cm³/mol. The van der Waals surface area contributed by atoms with Crippen LogP contribution in [0.25, 0.3) is 0 Å². The van der Waals surface area contributed by atoms with Crippen LogP contribution in [0.3, 0.4) is 0 Å². The Bertz CT molecular complexity index is 161. The third-order valence-electron chi connectivity index (χ3n) is 4.67. The molecular formula is C14H26. The van der Waals surface area contributed by atoms with Crippen molar-refractivity contribution in [1.29, 1.82) is 0 Å². The summed E-state index contributed by atoms with van der Waals surface area (Å²) in [6.45, 7) is 2.30. The Hall–Kier alpha value is 0. The Labute approximate surface area is 89.5 Å². The van der Waals surface area contributed by atoms with Crippen molar-refractivity contribution in [3.8, 4) is 0 Å². The number of rotatable bonds is 6. The van der Waals surface area contributed by atoms with E-state index in [0.717, 1.165) is 5.92 Å². The molecule has 2 saturated carbocycles. The largest absolute Gasteiger partial charge is 0.0654 e. The van der Waals surface area contributed by atoms with Gasteiger partial charge in [0.2, 0.25) is 0 Å². The van der Waals surface area contributed by atoms with E-state index >= 15 is 0 Å². The van der Waals surface area contributed by atoms with Crippen LogP contribution >= 0.6 is 0 Å². The summed E-state index contributed by atoms with van der Waals surface area (Å²) in [5, 5.41) is 0. The monoisotopic (exact) mass is 194 g/mol. The molecule has 0 radical (unpaired) electrons. The highest BCUT2D eigenvalue weighted by atomic mass is 14.5. The lowest BCUT2D eigenvalue weighted by atomic mass is 9.72. The van der Waals surface area contributed by atoms with Crippen molar-refractivity contribution < 1.29 is 0 Å². The van der Waals surface area contributed by atoms with Gasteiger partial charge in [0, 0.05) is 0 Å². The lowest BCUT2D eigenvalue weighted by Gasteiger charge is -2.34. The predicted octanol–water partition coefficient (Wildman–Crippen LogP) is 4.78. The zero-order chi connectivity index (χ0) is 9.80. The molecular weight excluding hydrogens is 168 g/mol. The number of hydrogen-bond acceptors (Lipinski definition) is 0. The Kier molecular flexibility index (Phi) is 3.89. The van der Waals surface area contributed by atoms with Gasteiger partial charge >= 0.3 is 0 Å². The lowest BCUT2D eigenvalue weighted by Crippen LogP contribution is -2.24. The topological polar surface area (TPSA) is 0 Å². The molecule has 0 spiro atoms. The van der Waals surface area contributed by atoms with Crippen LogP contribution in [0, 0.1) is 17.8 Å². The molecule has 82 valence electrons. The second-order valence-corrected chi connectivity index (χ2v) is 5.54. The molecule has 0 aromatic heterocycles. The molecule has 0 aromatic rings. The zero-order valence-corrected chi connectivity index (χ0v) is 9.80. The first-order valence-corrected chi connectivity index (χ1v) is 6.92. The minimum absolute atomic E-state index is 1.15. The third-order valence-corrected chi connectivity index (χ3v) is 4.67. The van der Waals surface area contributed by atoms with E-state index in [1.165, 1.54) is 43.9 Å². The van der Waals surface area contributed by atoms with Crippen molar-refractivity contribution in [1.82, 2.24) is 0 Å². The van der Waals surface area contributed by atoms with Crippen molar-refractivity contribution in [2.24, 2.45) is 17.8 Å². The van der Waals surface area contributed by atoms with Gasteiger partial charge in [-0.05, 0) is 43.4 Å². The molecule has 3 unspecified atom stereocenters. The lowest BCUT2D eigenvalue weighted by molar-refractivity contribution is 0.164. The molecule has 0 N–H and O–H groups in total. The van der Waals surface area contributed by atoms with E-state index in [-0.39, 0.29) is 0 Å². The summed E-state index contributed by atoms with van der Waals surface area (Å²) in [6.07, 6.45) is 15.2. The Morgan fingerprint density at radius 3 is 2.29 bits per heavy atom. The molecule has 0 heteroatoms. The first kappa shape index (κ1) is 10.5. The van der Waals surface area contributed by atoms with Crippen molar-refractivity contribution >= 4 is 0 Å². The van der Waals surface area contributed by atoms with Gasteiger partial charge in [-0.3, -0.25) is 0 Å². The molecule has 2 aliphatic rings. The van der Waals surface area contributed by atoms with E-state index < -0.39 is 0 Å². The van der Waals surface area contributed by atoms with Crippen LogP contribution in [-0.4, -0.2) is 0 Å². The van der Waals surface area contributed by atoms with Gasteiger partial charge in [0.1, 0.15) is 0 Å². The molecule has 2 rings (SSSR count). The molecule has 0 heterocycles.